The molecular formula is C11H17NO6. The van der Waals surface area contributed by atoms with E-state index < -0.39 is 18.0 Å². The largest absolute Gasteiger partial charge is 0.478 e. The van der Waals surface area contributed by atoms with Gasteiger partial charge in [-0.25, -0.2) is 14.4 Å². The molecule has 0 spiro atoms. The van der Waals surface area contributed by atoms with E-state index in [4.69, 9.17) is 20.7 Å². The second-order valence-electron chi connectivity index (χ2n) is 3.71. The quantitative estimate of drug-likeness (QED) is 0.652. The molecule has 0 radical (unpaired) electrons. The average molecular weight is 259 g/mol. The van der Waals surface area contributed by atoms with Gasteiger partial charge in [-0.2, -0.15) is 0 Å². The van der Waals surface area contributed by atoms with Crippen molar-refractivity contribution in [3.05, 3.63) is 12.2 Å². The molecule has 1 saturated carbocycles. The van der Waals surface area contributed by atoms with Crippen LogP contribution < -0.4 is 5.73 Å². The second kappa shape index (κ2) is 9.03. The number of rotatable bonds is 3. The third-order valence-corrected chi connectivity index (χ3v) is 2.20. The van der Waals surface area contributed by atoms with Crippen molar-refractivity contribution in [2.75, 3.05) is 0 Å². The molecule has 0 heterocycles. The van der Waals surface area contributed by atoms with E-state index in [2.05, 4.69) is 0 Å². The molecule has 7 nitrogen and oxygen atoms in total. The fourth-order valence-corrected chi connectivity index (χ4v) is 1.49. The van der Waals surface area contributed by atoms with E-state index in [1.165, 1.54) is 6.42 Å². The number of amides is 1. The SMILES string of the molecule is NC(=O)OC1CCCCC1.O=C(O)C=CC(=O)O. The van der Waals surface area contributed by atoms with Crippen LogP contribution >= 0.6 is 0 Å². The van der Waals surface area contributed by atoms with E-state index in [0.29, 0.717) is 12.2 Å². The van der Waals surface area contributed by atoms with E-state index in [9.17, 15) is 14.4 Å². The lowest BCUT2D eigenvalue weighted by Crippen LogP contribution is -2.24. The summed E-state index contributed by atoms with van der Waals surface area (Å²) in [6.07, 6.45) is 6.16. The Morgan fingerprint density at radius 1 is 1.00 bits per heavy atom. The van der Waals surface area contributed by atoms with Crippen molar-refractivity contribution < 1.29 is 29.3 Å². The van der Waals surface area contributed by atoms with Gasteiger partial charge in [0.15, 0.2) is 0 Å². The highest BCUT2D eigenvalue weighted by Crippen LogP contribution is 2.19. The zero-order valence-electron chi connectivity index (χ0n) is 9.87. The minimum absolute atomic E-state index is 0.103. The van der Waals surface area contributed by atoms with Gasteiger partial charge in [0, 0.05) is 12.2 Å². The number of hydrogen-bond donors (Lipinski definition) is 3. The number of aliphatic carboxylic acids is 2. The summed E-state index contributed by atoms with van der Waals surface area (Å²) in [5.74, 6) is -2.51. The fourth-order valence-electron chi connectivity index (χ4n) is 1.49. The average Bonchev–Trinajstić information content (AvgIpc) is 2.28. The Labute approximate surface area is 104 Å². The number of carboxylic acid groups (broad SMARTS) is 2. The molecule has 7 heteroatoms. The lowest BCUT2D eigenvalue weighted by atomic mass is 9.98. The van der Waals surface area contributed by atoms with Crippen LogP contribution in [0, 0.1) is 0 Å². The molecule has 0 atom stereocenters. The standard InChI is InChI=1S/C7H13NO2.C4H4O4/c8-7(9)10-6-4-2-1-3-5-6;5-3(6)1-2-4(7)8/h6H,1-5H2,(H2,8,9);1-2H,(H,5,6)(H,7,8). The summed E-state index contributed by atoms with van der Waals surface area (Å²) in [6, 6.07) is 0. The van der Waals surface area contributed by atoms with Crippen LogP contribution in [0.1, 0.15) is 32.1 Å². The normalized spacial score (nSPS) is 15.6. The molecule has 4 N–H and O–H groups in total. The van der Waals surface area contributed by atoms with Gasteiger partial charge in [-0.1, -0.05) is 6.42 Å². The highest BCUT2D eigenvalue weighted by atomic mass is 16.6. The van der Waals surface area contributed by atoms with Gasteiger partial charge in [0.25, 0.3) is 0 Å². The van der Waals surface area contributed by atoms with Gasteiger partial charge in [-0.15, -0.1) is 0 Å². The summed E-state index contributed by atoms with van der Waals surface area (Å²) < 4.78 is 4.83. The molecule has 1 rings (SSSR count). The van der Waals surface area contributed by atoms with Crippen molar-refractivity contribution in [1.82, 2.24) is 0 Å². The molecule has 0 aromatic rings. The number of hydrogen-bond acceptors (Lipinski definition) is 4. The van der Waals surface area contributed by atoms with E-state index in [1.54, 1.807) is 0 Å². The number of primary amides is 1. The van der Waals surface area contributed by atoms with Crippen molar-refractivity contribution in [2.45, 2.75) is 38.2 Å². The first-order chi connectivity index (χ1) is 8.41. The van der Waals surface area contributed by atoms with Gasteiger partial charge < -0.3 is 20.7 Å². The van der Waals surface area contributed by atoms with Crippen molar-refractivity contribution >= 4 is 18.0 Å². The predicted octanol–water partition coefficient (Wildman–Crippen LogP) is 1.13. The number of nitrogens with two attached hydrogens (primary N) is 1. The van der Waals surface area contributed by atoms with Crippen molar-refractivity contribution in [1.29, 1.82) is 0 Å². The molecule has 102 valence electrons. The van der Waals surface area contributed by atoms with Gasteiger partial charge in [-0.05, 0) is 25.7 Å². The van der Waals surface area contributed by atoms with Crippen LogP contribution in [0.15, 0.2) is 12.2 Å². The lowest BCUT2D eigenvalue weighted by molar-refractivity contribution is -0.134. The van der Waals surface area contributed by atoms with Gasteiger partial charge in [0.2, 0.25) is 0 Å². The number of carboxylic acids is 2. The summed E-state index contributed by atoms with van der Waals surface area (Å²) in [4.78, 5) is 29.4. The van der Waals surface area contributed by atoms with Crippen molar-refractivity contribution in [3.63, 3.8) is 0 Å². The van der Waals surface area contributed by atoms with Crippen LogP contribution in [0.2, 0.25) is 0 Å². The smallest absolute Gasteiger partial charge is 0.404 e. The zero-order chi connectivity index (χ0) is 14.0. The van der Waals surface area contributed by atoms with Gasteiger partial charge in [-0.3, -0.25) is 0 Å². The van der Waals surface area contributed by atoms with E-state index in [-0.39, 0.29) is 6.10 Å². The van der Waals surface area contributed by atoms with Gasteiger partial charge in [0.1, 0.15) is 6.10 Å². The molecular weight excluding hydrogens is 242 g/mol. The van der Waals surface area contributed by atoms with E-state index >= 15 is 0 Å². The summed E-state index contributed by atoms with van der Waals surface area (Å²) in [7, 11) is 0. The summed E-state index contributed by atoms with van der Waals surface area (Å²) >= 11 is 0. The first-order valence-corrected chi connectivity index (χ1v) is 5.52. The Bertz CT molecular complexity index is 303. The van der Waals surface area contributed by atoms with Crippen LogP contribution in [0.3, 0.4) is 0 Å². The molecule has 1 aliphatic carbocycles. The Hall–Kier alpha value is -2.05. The highest BCUT2D eigenvalue weighted by Gasteiger charge is 2.15. The third kappa shape index (κ3) is 10.5. The fraction of sp³-hybridized carbons (Fsp3) is 0.545. The monoisotopic (exact) mass is 259 g/mol. The summed E-state index contributed by atoms with van der Waals surface area (Å²) in [5, 5.41) is 15.6. The van der Waals surface area contributed by atoms with E-state index in [0.717, 1.165) is 25.7 Å². The molecule has 0 aromatic heterocycles. The topological polar surface area (TPSA) is 127 Å². The van der Waals surface area contributed by atoms with Gasteiger partial charge in [0.05, 0.1) is 0 Å². The predicted molar refractivity (Wildman–Crippen MR) is 62.0 cm³/mol. The molecule has 18 heavy (non-hydrogen) atoms. The highest BCUT2D eigenvalue weighted by molar-refractivity contribution is 5.89. The lowest BCUT2D eigenvalue weighted by Gasteiger charge is -2.20. The number of ether oxygens (including phenoxy) is 1. The minimum atomic E-state index is -1.26. The molecule has 0 aliphatic heterocycles. The van der Waals surface area contributed by atoms with Crippen LogP contribution in [0.25, 0.3) is 0 Å². The maximum atomic E-state index is 10.3. The molecule has 1 aliphatic rings. The Morgan fingerprint density at radius 3 is 1.78 bits per heavy atom. The van der Waals surface area contributed by atoms with Gasteiger partial charge >= 0.3 is 18.0 Å². The Balaban J connectivity index is 0.000000331. The summed E-state index contributed by atoms with van der Waals surface area (Å²) in [5.41, 5.74) is 4.86. The van der Waals surface area contributed by atoms with Crippen molar-refractivity contribution in [2.24, 2.45) is 5.73 Å². The minimum Gasteiger partial charge on any atom is -0.478 e. The Morgan fingerprint density at radius 2 is 1.44 bits per heavy atom. The van der Waals surface area contributed by atoms with Crippen LogP contribution in [-0.2, 0) is 14.3 Å². The zero-order valence-corrected chi connectivity index (χ0v) is 9.87. The van der Waals surface area contributed by atoms with Crippen LogP contribution in [-0.4, -0.2) is 34.3 Å². The second-order valence-corrected chi connectivity index (χ2v) is 3.71. The number of carbonyl (C=O) groups is 3. The molecule has 0 unspecified atom stereocenters. The van der Waals surface area contributed by atoms with Crippen LogP contribution in [0.4, 0.5) is 4.79 Å². The Kier molecular flexibility index (Phi) is 8.00. The molecule has 0 saturated heterocycles. The first kappa shape index (κ1) is 16.0. The maximum Gasteiger partial charge on any atom is 0.404 e. The molecule has 1 fully saturated rings. The third-order valence-electron chi connectivity index (χ3n) is 2.20. The van der Waals surface area contributed by atoms with Crippen molar-refractivity contribution in [3.8, 4) is 0 Å². The molecule has 0 aromatic carbocycles. The maximum absolute atomic E-state index is 10.3. The summed E-state index contributed by atoms with van der Waals surface area (Å²) in [6.45, 7) is 0. The molecule has 1 amide bonds. The molecule has 0 bridgehead atoms. The number of carbonyl (C=O) groups excluding carboxylic acids is 1. The van der Waals surface area contributed by atoms with E-state index in [1.807, 2.05) is 0 Å². The first-order valence-electron chi connectivity index (χ1n) is 5.52. The van der Waals surface area contributed by atoms with Crippen LogP contribution in [0.5, 0.6) is 0 Å².